The minimum atomic E-state index is 0.698. The first kappa shape index (κ1) is 12.7. The molecule has 1 N–H and O–H groups in total. The van der Waals surface area contributed by atoms with Crippen molar-refractivity contribution in [3.05, 3.63) is 54.1 Å². The lowest BCUT2D eigenvalue weighted by atomic mass is 10.0. The van der Waals surface area contributed by atoms with Gasteiger partial charge in [-0.2, -0.15) is 0 Å². The fraction of sp³-hybridized carbons (Fsp3) is 0.250. The zero-order chi connectivity index (χ0) is 12.8. The molecule has 18 heavy (non-hydrogen) atoms. The minimum Gasteiger partial charge on any atom is -0.494 e. The van der Waals surface area contributed by atoms with Crippen LogP contribution in [0.25, 0.3) is 11.1 Å². The average Bonchev–Trinajstić information content (AvgIpc) is 2.40. The lowest BCUT2D eigenvalue weighted by Gasteiger charge is -2.08. The Bertz CT molecular complexity index is 460. The van der Waals surface area contributed by atoms with Gasteiger partial charge in [-0.15, -0.1) is 0 Å². The summed E-state index contributed by atoms with van der Waals surface area (Å²) in [7, 11) is 1.96. The van der Waals surface area contributed by atoms with Crippen molar-refractivity contribution in [1.29, 1.82) is 0 Å². The highest BCUT2D eigenvalue weighted by Gasteiger charge is 2.01. The van der Waals surface area contributed by atoms with Crippen molar-refractivity contribution in [2.24, 2.45) is 0 Å². The van der Waals surface area contributed by atoms with E-state index in [1.807, 2.05) is 26.1 Å². The summed E-state index contributed by atoms with van der Waals surface area (Å²) in [6, 6.07) is 16.8. The third-order valence-corrected chi connectivity index (χ3v) is 2.79. The van der Waals surface area contributed by atoms with Crippen molar-refractivity contribution in [1.82, 2.24) is 5.32 Å². The van der Waals surface area contributed by atoms with Crippen molar-refractivity contribution in [2.45, 2.75) is 13.5 Å². The molecule has 0 aliphatic heterocycles. The minimum absolute atomic E-state index is 0.698. The van der Waals surface area contributed by atoms with Crippen LogP contribution in [0.4, 0.5) is 0 Å². The van der Waals surface area contributed by atoms with Gasteiger partial charge in [-0.1, -0.05) is 30.3 Å². The predicted octanol–water partition coefficient (Wildman–Crippen LogP) is 3.47. The molecule has 0 unspecified atom stereocenters. The second kappa shape index (κ2) is 6.22. The van der Waals surface area contributed by atoms with E-state index in [1.165, 1.54) is 16.7 Å². The van der Waals surface area contributed by atoms with E-state index in [0.29, 0.717) is 6.61 Å². The fourth-order valence-corrected chi connectivity index (χ4v) is 2.00. The van der Waals surface area contributed by atoms with Gasteiger partial charge in [0.1, 0.15) is 5.75 Å². The van der Waals surface area contributed by atoms with Gasteiger partial charge >= 0.3 is 0 Å². The van der Waals surface area contributed by atoms with E-state index in [4.69, 9.17) is 4.74 Å². The van der Waals surface area contributed by atoms with Crippen LogP contribution in [0.2, 0.25) is 0 Å². The molecule has 2 aromatic carbocycles. The lowest BCUT2D eigenvalue weighted by molar-refractivity contribution is 0.340. The van der Waals surface area contributed by atoms with Crippen molar-refractivity contribution < 1.29 is 4.74 Å². The van der Waals surface area contributed by atoms with Crippen LogP contribution in [0.5, 0.6) is 5.75 Å². The molecule has 0 amide bonds. The predicted molar refractivity (Wildman–Crippen MR) is 75.8 cm³/mol. The van der Waals surface area contributed by atoms with Crippen LogP contribution in [0.3, 0.4) is 0 Å². The Kier molecular flexibility index (Phi) is 4.37. The Morgan fingerprint density at radius 1 is 1.00 bits per heavy atom. The summed E-state index contributed by atoms with van der Waals surface area (Å²) >= 11 is 0. The molecule has 0 aromatic heterocycles. The quantitative estimate of drug-likeness (QED) is 0.865. The Morgan fingerprint density at radius 3 is 2.44 bits per heavy atom. The van der Waals surface area contributed by atoms with Gasteiger partial charge in [0.05, 0.1) is 6.61 Å². The van der Waals surface area contributed by atoms with Crippen LogP contribution >= 0.6 is 0 Å². The van der Waals surface area contributed by atoms with Gasteiger partial charge in [0, 0.05) is 6.54 Å². The summed E-state index contributed by atoms with van der Waals surface area (Å²) in [5.41, 5.74) is 3.71. The highest BCUT2D eigenvalue weighted by molar-refractivity contribution is 5.65. The van der Waals surface area contributed by atoms with Crippen LogP contribution in [-0.2, 0) is 6.54 Å². The van der Waals surface area contributed by atoms with Gasteiger partial charge in [-0.25, -0.2) is 0 Å². The molecule has 94 valence electrons. The molecule has 2 aromatic rings. The zero-order valence-corrected chi connectivity index (χ0v) is 10.9. The van der Waals surface area contributed by atoms with E-state index >= 15 is 0 Å². The fourth-order valence-electron chi connectivity index (χ4n) is 2.00. The van der Waals surface area contributed by atoms with Crippen LogP contribution in [0, 0.1) is 0 Å². The molecular formula is C16H19NO. The van der Waals surface area contributed by atoms with Crippen molar-refractivity contribution in [3.8, 4) is 16.9 Å². The molecule has 0 heterocycles. The molecular weight excluding hydrogens is 222 g/mol. The van der Waals surface area contributed by atoms with E-state index < -0.39 is 0 Å². The molecule has 2 heteroatoms. The standard InChI is InChI=1S/C16H19NO/c1-3-18-16-9-5-8-15(11-16)14-7-4-6-13(10-14)12-17-2/h4-11,17H,3,12H2,1-2H3. The Labute approximate surface area is 109 Å². The number of nitrogens with one attached hydrogen (secondary N) is 1. The molecule has 0 aliphatic carbocycles. The summed E-state index contributed by atoms with van der Waals surface area (Å²) < 4.78 is 5.53. The van der Waals surface area contributed by atoms with E-state index in [9.17, 15) is 0 Å². The number of benzene rings is 2. The number of hydrogen-bond acceptors (Lipinski definition) is 2. The first-order valence-electron chi connectivity index (χ1n) is 6.30. The molecule has 0 saturated carbocycles. The van der Waals surface area contributed by atoms with Crippen LogP contribution < -0.4 is 10.1 Å². The van der Waals surface area contributed by atoms with Gasteiger partial charge in [0.25, 0.3) is 0 Å². The van der Waals surface area contributed by atoms with E-state index in [2.05, 4.69) is 41.7 Å². The van der Waals surface area contributed by atoms with Crippen molar-refractivity contribution in [3.63, 3.8) is 0 Å². The van der Waals surface area contributed by atoms with Gasteiger partial charge in [0.2, 0.25) is 0 Å². The maximum absolute atomic E-state index is 5.53. The van der Waals surface area contributed by atoms with Crippen molar-refractivity contribution >= 4 is 0 Å². The first-order valence-corrected chi connectivity index (χ1v) is 6.30. The van der Waals surface area contributed by atoms with Crippen LogP contribution in [-0.4, -0.2) is 13.7 Å². The lowest BCUT2D eigenvalue weighted by Crippen LogP contribution is -2.04. The number of hydrogen-bond donors (Lipinski definition) is 1. The monoisotopic (exact) mass is 241 g/mol. The number of ether oxygens (including phenoxy) is 1. The van der Waals surface area contributed by atoms with E-state index in [-0.39, 0.29) is 0 Å². The largest absolute Gasteiger partial charge is 0.494 e. The van der Waals surface area contributed by atoms with Gasteiger partial charge in [0.15, 0.2) is 0 Å². The summed E-state index contributed by atoms with van der Waals surface area (Å²) in [5, 5.41) is 3.17. The molecule has 0 spiro atoms. The summed E-state index contributed by atoms with van der Waals surface area (Å²) in [5.74, 6) is 0.925. The molecule has 0 bridgehead atoms. The smallest absolute Gasteiger partial charge is 0.119 e. The molecule has 2 rings (SSSR count). The number of rotatable bonds is 5. The summed E-state index contributed by atoms with van der Waals surface area (Å²) in [4.78, 5) is 0. The SMILES string of the molecule is CCOc1cccc(-c2cccc(CNC)c2)c1. The second-order valence-corrected chi connectivity index (χ2v) is 4.19. The third kappa shape index (κ3) is 3.11. The normalized spacial score (nSPS) is 10.3. The molecule has 0 atom stereocenters. The Hall–Kier alpha value is -1.80. The van der Waals surface area contributed by atoms with E-state index in [0.717, 1.165) is 12.3 Å². The van der Waals surface area contributed by atoms with Gasteiger partial charge < -0.3 is 10.1 Å². The highest BCUT2D eigenvalue weighted by Crippen LogP contribution is 2.24. The van der Waals surface area contributed by atoms with E-state index in [1.54, 1.807) is 0 Å². The zero-order valence-electron chi connectivity index (χ0n) is 10.9. The van der Waals surface area contributed by atoms with Gasteiger partial charge in [-0.05, 0) is 48.9 Å². The van der Waals surface area contributed by atoms with Gasteiger partial charge in [-0.3, -0.25) is 0 Å². The molecule has 0 radical (unpaired) electrons. The first-order chi connectivity index (χ1) is 8.83. The van der Waals surface area contributed by atoms with Crippen LogP contribution in [0.15, 0.2) is 48.5 Å². The Morgan fingerprint density at radius 2 is 1.72 bits per heavy atom. The van der Waals surface area contributed by atoms with Crippen LogP contribution in [0.1, 0.15) is 12.5 Å². The maximum atomic E-state index is 5.53. The second-order valence-electron chi connectivity index (χ2n) is 4.19. The highest BCUT2D eigenvalue weighted by atomic mass is 16.5. The topological polar surface area (TPSA) is 21.3 Å². The molecule has 0 aliphatic rings. The third-order valence-electron chi connectivity index (χ3n) is 2.79. The summed E-state index contributed by atoms with van der Waals surface area (Å²) in [6.07, 6.45) is 0. The van der Waals surface area contributed by atoms with Crippen molar-refractivity contribution in [2.75, 3.05) is 13.7 Å². The Balaban J connectivity index is 2.29. The average molecular weight is 241 g/mol. The molecule has 0 saturated heterocycles. The summed E-state index contributed by atoms with van der Waals surface area (Å²) in [6.45, 7) is 3.59. The molecule has 2 nitrogen and oxygen atoms in total. The molecule has 0 fully saturated rings. The maximum Gasteiger partial charge on any atom is 0.119 e.